The number of ketones is 1. The van der Waals surface area contributed by atoms with E-state index < -0.39 is 17.7 Å². The van der Waals surface area contributed by atoms with Gasteiger partial charge in [-0.1, -0.05) is 18.2 Å². The smallest absolute Gasteiger partial charge is 0.295 e. The molecule has 0 aromatic heterocycles. The normalized spacial score (nSPS) is 17.8. The van der Waals surface area contributed by atoms with Crippen molar-refractivity contribution in [3.05, 3.63) is 63.6 Å². The molecule has 1 aliphatic heterocycles. The van der Waals surface area contributed by atoms with Gasteiger partial charge >= 0.3 is 0 Å². The van der Waals surface area contributed by atoms with Crippen molar-refractivity contribution >= 4 is 33.4 Å². The van der Waals surface area contributed by atoms with E-state index >= 15 is 0 Å². The summed E-state index contributed by atoms with van der Waals surface area (Å²) in [4.78, 5) is 29.7. The number of aliphatic hydroxyl groups is 1. The Labute approximate surface area is 202 Å². The van der Waals surface area contributed by atoms with Gasteiger partial charge in [-0.05, 0) is 68.1 Å². The lowest BCUT2D eigenvalue weighted by Gasteiger charge is -2.28. The highest BCUT2D eigenvalue weighted by Crippen LogP contribution is 2.43. The summed E-state index contributed by atoms with van der Waals surface area (Å²) in [6.07, 6.45) is -0.104. The fraction of sp³-hybridized carbons (Fsp3) is 0.360. The van der Waals surface area contributed by atoms with Gasteiger partial charge in [0.2, 0.25) is 0 Å². The van der Waals surface area contributed by atoms with Crippen LogP contribution in [-0.4, -0.2) is 67.0 Å². The van der Waals surface area contributed by atoms with Gasteiger partial charge in [-0.3, -0.25) is 9.59 Å². The second-order valence-electron chi connectivity index (χ2n) is 8.35. The summed E-state index contributed by atoms with van der Waals surface area (Å²) in [6, 6.07) is 11.5. The van der Waals surface area contributed by atoms with Crippen LogP contribution in [0.3, 0.4) is 0 Å². The molecule has 1 amide bonds. The largest absolute Gasteiger partial charge is 0.507 e. The maximum atomic E-state index is 13.2. The molecule has 33 heavy (non-hydrogen) atoms. The third kappa shape index (κ3) is 5.23. The molecular formula is C25H29BrN2O5. The van der Waals surface area contributed by atoms with E-state index in [1.807, 2.05) is 57.1 Å². The SMILES string of the molecule is COc1ccc(/C(O)=C2/C(=O)C(=O)N(CCN(C)C)C2c2ccccc2OC(C)C)cc1Br. The number of rotatable bonds is 8. The van der Waals surface area contributed by atoms with Gasteiger partial charge in [-0.2, -0.15) is 0 Å². The first-order valence-electron chi connectivity index (χ1n) is 10.7. The Morgan fingerprint density at radius 2 is 1.85 bits per heavy atom. The fourth-order valence-electron chi connectivity index (χ4n) is 3.78. The Hall–Kier alpha value is -2.84. The molecule has 1 unspecified atom stereocenters. The molecule has 8 heteroatoms. The molecule has 0 saturated carbocycles. The van der Waals surface area contributed by atoms with Crippen LogP contribution in [0.25, 0.3) is 5.76 Å². The van der Waals surface area contributed by atoms with Crippen molar-refractivity contribution in [3.63, 3.8) is 0 Å². The molecule has 0 bridgehead atoms. The van der Waals surface area contributed by atoms with Crippen LogP contribution in [0, 0.1) is 0 Å². The predicted octanol–water partition coefficient (Wildman–Crippen LogP) is 4.23. The average molecular weight is 517 g/mol. The molecular weight excluding hydrogens is 488 g/mol. The number of nitrogens with zero attached hydrogens (tertiary/aromatic N) is 2. The molecule has 7 nitrogen and oxygen atoms in total. The number of amides is 1. The molecule has 2 aromatic carbocycles. The van der Waals surface area contributed by atoms with Crippen LogP contribution in [0.5, 0.6) is 11.5 Å². The van der Waals surface area contributed by atoms with Gasteiger partial charge < -0.3 is 24.4 Å². The predicted molar refractivity (Wildman–Crippen MR) is 130 cm³/mol. The van der Waals surface area contributed by atoms with Crippen molar-refractivity contribution in [2.45, 2.75) is 26.0 Å². The molecule has 1 fully saturated rings. The van der Waals surface area contributed by atoms with E-state index in [4.69, 9.17) is 9.47 Å². The van der Waals surface area contributed by atoms with Crippen LogP contribution >= 0.6 is 15.9 Å². The van der Waals surface area contributed by atoms with Gasteiger partial charge in [0, 0.05) is 24.2 Å². The van der Waals surface area contributed by atoms with Crippen molar-refractivity contribution < 1.29 is 24.2 Å². The van der Waals surface area contributed by atoms with Crippen LogP contribution in [-0.2, 0) is 9.59 Å². The average Bonchev–Trinajstić information content (AvgIpc) is 3.01. The third-order valence-corrected chi connectivity index (χ3v) is 5.95. The number of likely N-dealkylation sites (N-methyl/N-ethyl adjacent to an activating group) is 1. The van der Waals surface area contributed by atoms with Gasteiger partial charge in [-0.15, -0.1) is 0 Å². The number of hydrogen-bond acceptors (Lipinski definition) is 6. The highest BCUT2D eigenvalue weighted by molar-refractivity contribution is 9.10. The van der Waals surface area contributed by atoms with Crippen molar-refractivity contribution in [1.29, 1.82) is 0 Å². The number of benzene rings is 2. The van der Waals surface area contributed by atoms with Gasteiger partial charge in [0.15, 0.2) is 0 Å². The van der Waals surface area contributed by atoms with E-state index in [-0.39, 0.29) is 17.4 Å². The molecule has 0 aliphatic carbocycles. The number of hydrogen-bond donors (Lipinski definition) is 1. The number of aliphatic hydroxyl groups excluding tert-OH is 1. The number of carbonyl (C=O) groups is 2. The standard InChI is InChI=1S/C25H29BrN2O5/c1-15(2)33-19-9-7-6-8-17(19)22-21(24(30)25(31)28(22)13-12-27(3)4)23(29)16-10-11-20(32-5)18(26)14-16/h6-11,14-15,22,29H,12-13H2,1-5H3/b23-21-. The van der Waals surface area contributed by atoms with Gasteiger partial charge in [0.05, 0.1) is 29.3 Å². The van der Waals surface area contributed by atoms with E-state index in [0.29, 0.717) is 40.2 Å². The fourth-order valence-corrected chi connectivity index (χ4v) is 4.32. The zero-order chi connectivity index (χ0) is 24.3. The topological polar surface area (TPSA) is 79.3 Å². The Morgan fingerprint density at radius 1 is 1.15 bits per heavy atom. The van der Waals surface area contributed by atoms with Crippen molar-refractivity contribution in [2.24, 2.45) is 0 Å². The van der Waals surface area contributed by atoms with E-state index in [1.165, 1.54) is 4.90 Å². The lowest BCUT2D eigenvalue weighted by atomic mass is 9.94. The summed E-state index contributed by atoms with van der Waals surface area (Å²) in [6.45, 7) is 4.70. The lowest BCUT2D eigenvalue weighted by molar-refractivity contribution is -0.140. The van der Waals surface area contributed by atoms with Crippen LogP contribution in [0.2, 0.25) is 0 Å². The zero-order valence-electron chi connectivity index (χ0n) is 19.5. The number of likely N-dealkylation sites (tertiary alicyclic amines) is 1. The second kappa shape index (κ2) is 10.4. The molecule has 2 aromatic rings. The molecule has 1 heterocycles. The first-order chi connectivity index (χ1) is 15.6. The number of ether oxygens (including phenoxy) is 2. The molecule has 1 saturated heterocycles. The first-order valence-corrected chi connectivity index (χ1v) is 11.5. The molecule has 1 atom stereocenters. The Morgan fingerprint density at radius 3 is 2.45 bits per heavy atom. The molecule has 1 N–H and O–H groups in total. The number of carbonyl (C=O) groups excluding carboxylic acids is 2. The van der Waals surface area contributed by atoms with Crippen molar-refractivity contribution in [3.8, 4) is 11.5 Å². The molecule has 3 rings (SSSR count). The minimum Gasteiger partial charge on any atom is -0.507 e. The molecule has 0 spiro atoms. The third-order valence-electron chi connectivity index (χ3n) is 5.33. The highest BCUT2D eigenvalue weighted by atomic mass is 79.9. The molecule has 176 valence electrons. The monoisotopic (exact) mass is 516 g/mol. The summed E-state index contributed by atoms with van der Waals surface area (Å²) in [7, 11) is 5.34. The van der Waals surface area contributed by atoms with E-state index in [9.17, 15) is 14.7 Å². The summed E-state index contributed by atoms with van der Waals surface area (Å²) in [5.74, 6) is -0.451. The number of Topliss-reactive ketones (excluding diaryl/α,β-unsaturated/α-hetero) is 1. The zero-order valence-corrected chi connectivity index (χ0v) is 21.0. The second-order valence-corrected chi connectivity index (χ2v) is 9.20. The minimum absolute atomic E-state index is 0.0376. The van der Waals surface area contributed by atoms with Crippen molar-refractivity contribution in [1.82, 2.24) is 9.80 Å². The summed E-state index contributed by atoms with van der Waals surface area (Å²) >= 11 is 3.42. The van der Waals surface area contributed by atoms with Crippen LogP contribution in [0.1, 0.15) is 31.0 Å². The maximum Gasteiger partial charge on any atom is 0.295 e. The van der Waals surface area contributed by atoms with E-state index in [1.54, 1.807) is 25.3 Å². The van der Waals surface area contributed by atoms with Gasteiger partial charge in [0.1, 0.15) is 17.3 Å². The maximum absolute atomic E-state index is 13.2. The van der Waals surface area contributed by atoms with Crippen LogP contribution in [0.4, 0.5) is 0 Å². The summed E-state index contributed by atoms with van der Waals surface area (Å²) < 4.78 is 11.9. The Balaban J connectivity index is 2.20. The lowest BCUT2D eigenvalue weighted by Crippen LogP contribution is -2.35. The Bertz CT molecular complexity index is 1080. The molecule has 0 radical (unpaired) electrons. The quantitative estimate of drug-likeness (QED) is 0.321. The van der Waals surface area contributed by atoms with Gasteiger partial charge in [0.25, 0.3) is 11.7 Å². The molecule has 1 aliphatic rings. The summed E-state index contributed by atoms with van der Waals surface area (Å²) in [5, 5.41) is 11.3. The highest BCUT2D eigenvalue weighted by Gasteiger charge is 2.47. The van der Waals surface area contributed by atoms with Crippen molar-refractivity contribution in [2.75, 3.05) is 34.3 Å². The van der Waals surface area contributed by atoms with E-state index in [2.05, 4.69) is 15.9 Å². The number of methoxy groups -OCH3 is 1. The van der Waals surface area contributed by atoms with Crippen LogP contribution < -0.4 is 9.47 Å². The summed E-state index contributed by atoms with van der Waals surface area (Å²) in [5.41, 5.74) is 1.09. The minimum atomic E-state index is -0.777. The van der Waals surface area contributed by atoms with Crippen LogP contribution in [0.15, 0.2) is 52.5 Å². The number of halogens is 1. The van der Waals surface area contributed by atoms with Gasteiger partial charge in [-0.25, -0.2) is 0 Å². The number of para-hydroxylation sites is 1. The van der Waals surface area contributed by atoms with E-state index in [0.717, 1.165) is 0 Å². The Kier molecular flexibility index (Phi) is 7.81. The first kappa shape index (κ1) is 24.8.